The van der Waals surface area contributed by atoms with Gasteiger partial charge in [0.1, 0.15) is 22.4 Å². The van der Waals surface area contributed by atoms with Crippen molar-refractivity contribution >= 4 is 21.8 Å². The van der Waals surface area contributed by atoms with Gasteiger partial charge in [-0.05, 0) is 40.9 Å². The summed E-state index contributed by atoms with van der Waals surface area (Å²) in [5.41, 5.74) is 0.475. The third kappa shape index (κ3) is 2.97. The molecule has 1 atom stereocenters. The van der Waals surface area contributed by atoms with Crippen LogP contribution >= 0.6 is 15.9 Å². The number of piperidine rings is 1. The number of nitrogens with zero attached hydrogens (tertiary/aromatic N) is 5. The molecule has 1 aliphatic heterocycles. The minimum atomic E-state index is -0.0248. The van der Waals surface area contributed by atoms with Gasteiger partial charge in [-0.25, -0.2) is 4.98 Å². The van der Waals surface area contributed by atoms with Crippen molar-refractivity contribution in [3.63, 3.8) is 0 Å². The number of hydrogen-bond acceptors (Lipinski definition) is 4. The Morgan fingerprint density at radius 3 is 3.00 bits per heavy atom. The summed E-state index contributed by atoms with van der Waals surface area (Å²) < 4.78 is 2.60. The SMILES string of the molecule is Cn1cnnc1C1CCCN(C(=O)c2cccc(Br)n2)C1. The maximum atomic E-state index is 12.6. The molecule has 0 saturated carbocycles. The van der Waals surface area contributed by atoms with Crippen molar-refractivity contribution in [1.82, 2.24) is 24.6 Å². The third-order valence-electron chi connectivity index (χ3n) is 3.75. The van der Waals surface area contributed by atoms with Crippen molar-refractivity contribution in [3.8, 4) is 0 Å². The van der Waals surface area contributed by atoms with E-state index in [1.54, 1.807) is 12.4 Å². The van der Waals surface area contributed by atoms with E-state index in [0.29, 0.717) is 16.8 Å². The van der Waals surface area contributed by atoms with Crippen molar-refractivity contribution in [2.24, 2.45) is 7.05 Å². The van der Waals surface area contributed by atoms with Crippen molar-refractivity contribution in [3.05, 3.63) is 40.6 Å². The number of rotatable bonds is 2. The van der Waals surface area contributed by atoms with Crippen LogP contribution in [-0.4, -0.2) is 43.6 Å². The molecular formula is C14H16BrN5O. The molecule has 7 heteroatoms. The van der Waals surface area contributed by atoms with Gasteiger partial charge in [0, 0.05) is 26.1 Å². The van der Waals surface area contributed by atoms with Gasteiger partial charge >= 0.3 is 0 Å². The molecule has 3 heterocycles. The first kappa shape index (κ1) is 14.2. The van der Waals surface area contributed by atoms with E-state index < -0.39 is 0 Å². The molecule has 0 aliphatic carbocycles. The molecule has 21 heavy (non-hydrogen) atoms. The Labute approximate surface area is 131 Å². The Morgan fingerprint density at radius 2 is 2.29 bits per heavy atom. The number of pyridine rings is 1. The number of carbonyl (C=O) groups excluding carboxylic acids is 1. The van der Waals surface area contributed by atoms with Gasteiger partial charge in [-0.15, -0.1) is 10.2 Å². The molecule has 1 fully saturated rings. The molecule has 0 N–H and O–H groups in total. The van der Waals surface area contributed by atoms with E-state index in [1.165, 1.54) is 0 Å². The molecule has 0 bridgehead atoms. The number of aromatic nitrogens is 4. The van der Waals surface area contributed by atoms with Crippen LogP contribution < -0.4 is 0 Å². The fourth-order valence-corrected chi connectivity index (χ4v) is 3.07. The summed E-state index contributed by atoms with van der Waals surface area (Å²) in [6.45, 7) is 1.43. The molecule has 1 saturated heterocycles. The normalized spacial score (nSPS) is 18.8. The predicted molar refractivity (Wildman–Crippen MR) is 80.8 cm³/mol. The molecule has 0 spiro atoms. The smallest absolute Gasteiger partial charge is 0.272 e. The first-order valence-electron chi connectivity index (χ1n) is 6.91. The lowest BCUT2D eigenvalue weighted by molar-refractivity contribution is 0.0697. The lowest BCUT2D eigenvalue weighted by Crippen LogP contribution is -2.40. The fraction of sp³-hybridized carbons (Fsp3) is 0.429. The Kier molecular flexibility index (Phi) is 4.01. The van der Waals surface area contributed by atoms with E-state index in [4.69, 9.17) is 0 Å². The summed E-state index contributed by atoms with van der Waals surface area (Å²) in [4.78, 5) is 18.7. The van der Waals surface area contributed by atoms with Crippen LogP contribution in [0.25, 0.3) is 0 Å². The molecule has 1 amide bonds. The van der Waals surface area contributed by atoms with Crippen molar-refractivity contribution in [2.75, 3.05) is 13.1 Å². The lowest BCUT2D eigenvalue weighted by atomic mass is 9.97. The molecule has 3 rings (SSSR count). The van der Waals surface area contributed by atoms with E-state index in [-0.39, 0.29) is 11.8 Å². The van der Waals surface area contributed by atoms with E-state index in [9.17, 15) is 4.79 Å². The highest BCUT2D eigenvalue weighted by molar-refractivity contribution is 9.10. The zero-order valence-electron chi connectivity index (χ0n) is 11.7. The Morgan fingerprint density at radius 1 is 1.43 bits per heavy atom. The highest BCUT2D eigenvalue weighted by Gasteiger charge is 2.28. The van der Waals surface area contributed by atoms with Gasteiger partial charge in [0.15, 0.2) is 0 Å². The van der Waals surface area contributed by atoms with E-state index in [0.717, 1.165) is 25.2 Å². The molecule has 2 aromatic rings. The van der Waals surface area contributed by atoms with Gasteiger partial charge in [0.05, 0.1) is 0 Å². The zero-order chi connectivity index (χ0) is 14.8. The highest BCUT2D eigenvalue weighted by atomic mass is 79.9. The largest absolute Gasteiger partial charge is 0.337 e. The van der Waals surface area contributed by atoms with Crippen molar-refractivity contribution in [1.29, 1.82) is 0 Å². The molecule has 6 nitrogen and oxygen atoms in total. The highest BCUT2D eigenvalue weighted by Crippen LogP contribution is 2.26. The van der Waals surface area contributed by atoms with Gasteiger partial charge in [-0.3, -0.25) is 4.79 Å². The second kappa shape index (κ2) is 5.93. The Hall–Kier alpha value is -1.76. The molecule has 1 unspecified atom stereocenters. The molecule has 0 radical (unpaired) electrons. The second-order valence-electron chi connectivity index (χ2n) is 5.24. The fourth-order valence-electron chi connectivity index (χ4n) is 2.72. The van der Waals surface area contributed by atoms with Crippen LogP contribution in [0.1, 0.15) is 35.1 Å². The van der Waals surface area contributed by atoms with Crippen molar-refractivity contribution in [2.45, 2.75) is 18.8 Å². The topological polar surface area (TPSA) is 63.9 Å². The molecular weight excluding hydrogens is 334 g/mol. The summed E-state index contributed by atoms with van der Waals surface area (Å²) in [7, 11) is 1.94. The third-order valence-corrected chi connectivity index (χ3v) is 4.20. The standard InChI is InChI=1S/C14H16BrN5O/c1-19-9-16-18-13(19)10-4-3-7-20(8-10)14(21)11-5-2-6-12(15)17-11/h2,5-6,9-10H,3-4,7-8H2,1H3. The lowest BCUT2D eigenvalue weighted by Gasteiger charge is -2.32. The minimum Gasteiger partial charge on any atom is -0.337 e. The number of aryl methyl sites for hydroxylation is 1. The molecule has 1 aliphatic rings. The van der Waals surface area contributed by atoms with Gasteiger partial charge in [0.2, 0.25) is 0 Å². The summed E-state index contributed by atoms with van der Waals surface area (Å²) in [6.07, 6.45) is 3.70. The number of amides is 1. The van der Waals surface area contributed by atoms with Gasteiger partial charge < -0.3 is 9.47 Å². The van der Waals surface area contributed by atoms with Gasteiger partial charge in [-0.2, -0.15) is 0 Å². The summed E-state index contributed by atoms with van der Waals surface area (Å²) in [5, 5.41) is 8.10. The Bertz CT molecular complexity index is 656. The van der Waals surface area contributed by atoms with Crippen LogP contribution in [0.4, 0.5) is 0 Å². The van der Waals surface area contributed by atoms with E-state index in [2.05, 4.69) is 31.1 Å². The maximum Gasteiger partial charge on any atom is 0.272 e. The van der Waals surface area contributed by atoms with E-state index >= 15 is 0 Å². The molecule has 2 aromatic heterocycles. The number of likely N-dealkylation sites (tertiary alicyclic amines) is 1. The van der Waals surface area contributed by atoms with Crippen LogP contribution in [0.15, 0.2) is 29.1 Å². The van der Waals surface area contributed by atoms with Gasteiger partial charge in [0.25, 0.3) is 5.91 Å². The van der Waals surface area contributed by atoms with Crippen molar-refractivity contribution < 1.29 is 4.79 Å². The predicted octanol–water partition coefficient (Wildman–Crippen LogP) is 1.99. The number of hydrogen-bond donors (Lipinski definition) is 0. The molecule has 110 valence electrons. The molecule has 0 aromatic carbocycles. The van der Waals surface area contributed by atoms with E-state index in [1.807, 2.05) is 28.6 Å². The number of halogens is 1. The first-order chi connectivity index (χ1) is 10.1. The minimum absolute atomic E-state index is 0.0248. The zero-order valence-corrected chi connectivity index (χ0v) is 13.3. The average molecular weight is 350 g/mol. The van der Waals surface area contributed by atoms with Crippen LogP contribution in [0.5, 0.6) is 0 Å². The average Bonchev–Trinajstić information content (AvgIpc) is 2.93. The maximum absolute atomic E-state index is 12.6. The van der Waals surface area contributed by atoms with Crippen LogP contribution in [0.2, 0.25) is 0 Å². The van der Waals surface area contributed by atoms with Crippen LogP contribution in [0, 0.1) is 0 Å². The number of carbonyl (C=O) groups is 1. The van der Waals surface area contributed by atoms with Gasteiger partial charge in [-0.1, -0.05) is 6.07 Å². The summed E-state index contributed by atoms with van der Waals surface area (Å²) >= 11 is 3.30. The quantitative estimate of drug-likeness (QED) is 0.777. The van der Waals surface area contributed by atoms with Crippen LogP contribution in [-0.2, 0) is 7.05 Å². The monoisotopic (exact) mass is 349 g/mol. The first-order valence-corrected chi connectivity index (χ1v) is 7.70. The Balaban J connectivity index is 1.77. The second-order valence-corrected chi connectivity index (χ2v) is 6.05. The summed E-state index contributed by atoms with van der Waals surface area (Å²) in [5.74, 6) is 1.15. The summed E-state index contributed by atoms with van der Waals surface area (Å²) in [6, 6.07) is 5.39. The van der Waals surface area contributed by atoms with Crippen LogP contribution in [0.3, 0.4) is 0 Å².